The molecule has 12 heavy (non-hydrogen) atoms. The molecule has 0 bridgehead atoms. The van der Waals surface area contributed by atoms with E-state index in [2.05, 4.69) is 41.8 Å². The van der Waals surface area contributed by atoms with Crippen LogP contribution >= 0.6 is 0 Å². The lowest BCUT2D eigenvalue weighted by Gasteiger charge is -2.56. The molecule has 1 saturated heterocycles. The molecular weight excluding hydrogens is 150 g/mol. The van der Waals surface area contributed by atoms with E-state index < -0.39 is 0 Å². The molecule has 0 aromatic heterocycles. The maximum atomic E-state index is 5.80. The van der Waals surface area contributed by atoms with Crippen molar-refractivity contribution in [2.75, 3.05) is 27.2 Å². The monoisotopic (exact) mass is 172 g/mol. The number of rotatable bonds is 0. The summed E-state index contributed by atoms with van der Waals surface area (Å²) in [6.45, 7) is 10.9. The zero-order valence-electron chi connectivity index (χ0n) is 9.27. The molecule has 1 fully saturated rings. The fourth-order valence-corrected chi connectivity index (χ4v) is 1.71. The molecule has 2 nitrogen and oxygen atoms in total. The molecule has 0 unspecified atom stereocenters. The summed E-state index contributed by atoms with van der Waals surface area (Å²) in [6, 6.07) is 0. The lowest BCUT2D eigenvalue weighted by atomic mass is 9.81. The summed E-state index contributed by atoms with van der Waals surface area (Å²) >= 11 is 0. The summed E-state index contributed by atoms with van der Waals surface area (Å²) in [4.78, 5) is 0. The zero-order chi connectivity index (χ0) is 9.62. The van der Waals surface area contributed by atoms with Crippen molar-refractivity contribution in [3.05, 3.63) is 0 Å². The van der Waals surface area contributed by atoms with Crippen LogP contribution in [-0.4, -0.2) is 42.9 Å². The van der Waals surface area contributed by atoms with Gasteiger partial charge in [0.1, 0.15) is 17.7 Å². The second-order valence-electron chi connectivity index (χ2n) is 5.33. The summed E-state index contributed by atoms with van der Waals surface area (Å²) in [7, 11) is 4.56. The van der Waals surface area contributed by atoms with Crippen LogP contribution in [0.1, 0.15) is 27.7 Å². The molecule has 2 heteroatoms. The second kappa shape index (κ2) is 2.46. The van der Waals surface area contributed by atoms with Gasteiger partial charge in [-0.3, -0.25) is 0 Å². The fraction of sp³-hybridized carbons (Fsp3) is 1.00. The first-order chi connectivity index (χ1) is 5.21. The van der Waals surface area contributed by atoms with Gasteiger partial charge >= 0.3 is 0 Å². The Labute approximate surface area is 76.1 Å². The van der Waals surface area contributed by atoms with Crippen LogP contribution in [0.4, 0.5) is 0 Å². The number of morpholine rings is 1. The SMILES string of the molecule is CC1(C)OCC[N+](C)(C)C1(C)C. The van der Waals surface area contributed by atoms with E-state index in [4.69, 9.17) is 4.74 Å². The van der Waals surface area contributed by atoms with Crippen molar-refractivity contribution >= 4 is 0 Å². The van der Waals surface area contributed by atoms with Crippen molar-refractivity contribution in [1.82, 2.24) is 0 Å². The predicted molar refractivity (Wildman–Crippen MR) is 51.1 cm³/mol. The van der Waals surface area contributed by atoms with Gasteiger partial charge in [0, 0.05) is 0 Å². The summed E-state index contributed by atoms with van der Waals surface area (Å²) in [6.07, 6.45) is 0. The van der Waals surface area contributed by atoms with Crippen molar-refractivity contribution in [3.8, 4) is 0 Å². The van der Waals surface area contributed by atoms with E-state index in [1.807, 2.05) is 0 Å². The zero-order valence-corrected chi connectivity index (χ0v) is 9.27. The van der Waals surface area contributed by atoms with Crippen LogP contribution in [0, 0.1) is 0 Å². The molecule has 0 radical (unpaired) electrons. The van der Waals surface area contributed by atoms with Crippen LogP contribution < -0.4 is 0 Å². The highest BCUT2D eigenvalue weighted by Gasteiger charge is 2.52. The predicted octanol–water partition coefficient (Wildman–Crippen LogP) is 1.65. The third-order valence-corrected chi connectivity index (χ3v) is 4.10. The largest absolute Gasteiger partial charge is 0.363 e. The lowest BCUT2D eigenvalue weighted by molar-refractivity contribution is -0.955. The number of hydrogen-bond donors (Lipinski definition) is 0. The van der Waals surface area contributed by atoms with Crippen LogP contribution in [0.2, 0.25) is 0 Å². The molecule has 1 heterocycles. The second-order valence-corrected chi connectivity index (χ2v) is 5.33. The first-order valence-corrected chi connectivity index (χ1v) is 4.68. The van der Waals surface area contributed by atoms with Gasteiger partial charge in [0.05, 0.1) is 20.7 Å². The maximum absolute atomic E-state index is 5.80. The summed E-state index contributed by atoms with van der Waals surface area (Å²) in [5, 5.41) is 0. The Hall–Kier alpha value is -0.0800. The topological polar surface area (TPSA) is 9.23 Å². The molecule has 1 aliphatic heterocycles. The molecule has 0 saturated carbocycles. The van der Waals surface area contributed by atoms with Crippen molar-refractivity contribution in [3.63, 3.8) is 0 Å². The van der Waals surface area contributed by atoms with Gasteiger partial charge in [-0.15, -0.1) is 0 Å². The minimum Gasteiger partial charge on any atom is -0.363 e. The summed E-state index contributed by atoms with van der Waals surface area (Å²) in [5.74, 6) is 0. The minimum absolute atomic E-state index is 0.0191. The highest BCUT2D eigenvalue weighted by Crippen LogP contribution is 2.37. The molecule has 0 aromatic rings. The normalized spacial score (nSPS) is 31.5. The molecule has 0 amide bonds. The highest BCUT2D eigenvalue weighted by atomic mass is 16.5. The van der Waals surface area contributed by atoms with E-state index in [-0.39, 0.29) is 11.1 Å². The standard InChI is InChI=1S/C10H22NO/c1-9(2)10(3,4)12-8-7-11(9,5)6/h7-8H2,1-6H3/q+1. The van der Waals surface area contributed by atoms with Gasteiger partial charge in [-0.1, -0.05) is 0 Å². The van der Waals surface area contributed by atoms with E-state index in [0.717, 1.165) is 17.6 Å². The van der Waals surface area contributed by atoms with E-state index >= 15 is 0 Å². The van der Waals surface area contributed by atoms with Gasteiger partial charge in [0.2, 0.25) is 0 Å². The number of nitrogens with zero attached hydrogens (tertiary/aromatic N) is 1. The van der Waals surface area contributed by atoms with Gasteiger partial charge in [-0.25, -0.2) is 0 Å². The van der Waals surface area contributed by atoms with Gasteiger partial charge in [-0.05, 0) is 27.7 Å². The molecule has 0 atom stereocenters. The van der Waals surface area contributed by atoms with Crippen molar-refractivity contribution < 1.29 is 9.22 Å². The first-order valence-electron chi connectivity index (χ1n) is 4.68. The molecular formula is C10H22NO+. The Morgan fingerprint density at radius 2 is 1.58 bits per heavy atom. The summed E-state index contributed by atoms with van der Waals surface area (Å²) in [5.41, 5.74) is 0.167. The van der Waals surface area contributed by atoms with Crippen LogP contribution in [0.3, 0.4) is 0 Å². The average molecular weight is 172 g/mol. The Kier molecular flexibility index (Phi) is 2.05. The molecule has 0 spiro atoms. The van der Waals surface area contributed by atoms with Crippen LogP contribution in [0.25, 0.3) is 0 Å². The molecule has 0 N–H and O–H groups in total. The third kappa shape index (κ3) is 1.17. The maximum Gasteiger partial charge on any atom is 0.122 e. The van der Waals surface area contributed by atoms with Gasteiger partial charge in [0.25, 0.3) is 0 Å². The van der Waals surface area contributed by atoms with Gasteiger partial charge in [0.15, 0.2) is 0 Å². The van der Waals surface area contributed by atoms with Crippen LogP contribution in [0.5, 0.6) is 0 Å². The first kappa shape index (κ1) is 10.0. The number of ether oxygens (including phenoxy) is 1. The van der Waals surface area contributed by atoms with E-state index in [1.54, 1.807) is 0 Å². The molecule has 1 aliphatic rings. The van der Waals surface area contributed by atoms with Crippen molar-refractivity contribution in [2.24, 2.45) is 0 Å². The fourth-order valence-electron chi connectivity index (χ4n) is 1.71. The Morgan fingerprint density at radius 1 is 1.08 bits per heavy atom. The Morgan fingerprint density at radius 3 is 1.92 bits per heavy atom. The smallest absolute Gasteiger partial charge is 0.122 e. The van der Waals surface area contributed by atoms with Crippen molar-refractivity contribution in [1.29, 1.82) is 0 Å². The van der Waals surface area contributed by atoms with Gasteiger partial charge in [-0.2, -0.15) is 0 Å². The summed E-state index contributed by atoms with van der Waals surface area (Å²) < 4.78 is 6.84. The Balaban J connectivity index is 2.99. The van der Waals surface area contributed by atoms with E-state index in [0.29, 0.717) is 0 Å². The molecule has 0 aromatic carbocycles. The number of hydrogen-bond acceptors (Lipinski definition) is 1. The number of likely N-dealkylation sites (N-methyl/N-ethyl adjacent to an activating group) is 1. The quantitative estimate of drug-likeness (QED) is 0.505. The minimum atomic E-state index is -0.0191. The van der Waals surface area contributed by atoms with Crippen LogP contribution in [-0.2, 0) is 4.74 Å². The molecule has 1 rings (SSSR count). The third-order valence-electron chi connectivity index (χ3n) is 4.10. The molecule has 72 valence electrons. The number of quaternary nitrogens is 1. The van der Waals surface area contributed by atoms with Gasteiger partial charge < -0.3 is 9.22 Å². The van der Waals surface area contributed by atoms with Crippen molar-refractivity contribution in [2.45, 2.75) is 38.8 Å². The average Bonchev–Trinajstić information content (AvgIpc) is 1.83. The lowest BCUT2D eigenvalue weighted by Crippen LogP contribution is -2.71. The van der Waals surface area contributed by atoms with Crippen LogP contribution in [0.15, 0.2) is 0 Å². The Bertz CT molecular complexity index is 164. The molecule has 0 aliphatic carbocycles. The van der Waals surface area contributed by atoms with E-state index in [9.17, 15) is 0 Å². The van der Waals surface area contributed by atoms with E-state index in [1.165, 1.54) is 0 Å². The highest BCUT2D eigenvalue weighted by molar-refractivity contribution is 4.91.